The lowest BCUT2D eigenvalue weighted by Gasteiger charge is -2.34. The van der Waals surface area contributed by atoms with Crippen LogP contribution in [0.3, 0.4) is 0 Å². The summed E-state index contributed by atoms with van der Waals surface area (Å²) in [7, 11) is 1.63. The predicted octanol–water partition coefficient (Wildman–Crippen LogP) is 2.12. The number of nitrogens with one attached hydrogen (secondary N) is 1. The molecule has 2 rings (SSSR count). The van der Waals surface area contributed by atoms with Gasteiger partial charge in [-0.2, -0.15) is 0 Å². The molecule has 1 aliphatic rings. The molecular formula is C18H26N2O4. The molecule has 0 aromatic heterocycles. The van der Waals surface area contributed by atoms with E-state index in [9.17, 15) is 9.59 Å². The first-order valence-corrected chi connectivity index (χ1v) is 8.36. The van der Waals surface area contributed by atoms with Gasteiger partial charge in [-0.05, 0) is 51.0 Å². The summed E-state index contributed by atoms with van der Waals surface area (Å²) < 4.78 is 10.4. The predicted molar refractivity (Wildman–Crippen MR) is 92.2 cm³/mol. The number of amides is 2. The lowest BCUT2D eigenvalue weighted by atomic mass is 9.97. The highest BCUT2D eigenvalue weighted by Crippen LogP contribution is 2.35. The van der Waals surface area contributed by atoms with Crippen LogP contribution in [0.4, 0.5) is 5.69 Å². The van der Waals surface area contributed by atoms with Crippen molar-refractivity contribution >= 4 is 17.5 Å². The molecule has 0 aliphatic carbocycles. The van der Waals surface area contributed by atoms with Crippen LogP contribution in [-0.4, -0.2) is 44.2 Å². The number of nitrogens with zero attached hydrogens (tertiary/aromatic N) is 1. The molecule has 0 spiro atoms. The van der Waals surface area contributed by atoms with Crippen LogP contribution >= 0.6 is 0 Å². The van der Waals surface area contributed by atoms with Gasteiger partial charge in [-0.15, -0.1) is 0 Å². The lowest BCUT2D eigenvalue weighted by molar-refractivity contribution is -0.127. The van der Waals surface area contributed by atoms with Crippen molar-refractivity contribution in [2.75, 3.05) is 31.8 Å². The minimum Gasteiger partial charge on any atom is -0.494 e. The largest absolute Gasteiger partial charge is 0.494 e. The van der Waals surface area contributed by atoms with Crippen LogP contribution in [0.25, 0.3) is 0 Å². The normalized spacial score (nSPS) is 20.3. The van der Waals surface area contributed by atoms with Gasteiger partial charge in [0.15, 0.2) is 0 Å². The molecule has 1 saturated heterocycles. The summed E-state index contributed by atoms with van der Waals surface area (Å²) in [6, 6.07) is 7.29. The van der Waals surface area contributed by atoms with E-state index in [1.807, 2.05) is 38.1 Å². The molecule has 1 aromatic carbocycles. The first kappa shape index (κ1) is 18.3. The maximum absolute atomic E-state index is 12.7. The van der Waals surface area contributed by atoms with E-state index in [1.54, 1.807) is 12.0 Å². The third-order valence-electron chi connectivity index (χ3n) is 4.27. The van der Waals surface area contributed by atoms with Crippen LogP contribution in [0.5, 0.6) is 5.75 Å². The average Bonchev–Trinajstić information content (AvgIpc) is 2.89. The quantitative estimate of drug-likeness (QED) is 0.740. The molecule has 0 bridgehead atoms. The van der Waals surface area contributed by atoms with Crippen molar-refractivity contribution in [1.82, 2.24) is 5.32 Å². The maximum Gasteiger partial charge on any atom is 0.246 e. The SMILES string of the molecule is CCOc1ccc(N2C(=O)CCC2(C)C(=O)NCCCOC)cc1. The first-order valence-electron chi connectivity index (χ1n) is 8.36. The van der Waals surface area contributed by atoms with E-state index in [-0.39, 0.29) is 11.8 Å². The van der Waals surface area contributed by atoms with Crippen LogP contribution in [0.15, 0.2) is 24.3 Å². The fourth-order valence-corrected chi connectivity index (χ4v) is 2.96. The molecule has 1 atom stereocenters. The van der Waals surface area contributed by atoms with Crippen LogP contribution in [0.1, 0.15) is 33.1 Å². The van der Waals surface area contributed by atoms with Crippen molar-refractivity contribution in [3.8, 4) is 5.75 Å². The van der Waals surface area contributed by atoms with Gasteiger partial charge in [0.05, 0.1) is 6.61 Å². The van der Waals surface area contributed by atoms with E-state index in [0.717, 1.165) is 17.9 Å². The van der Waals surface area contributed by atoms with E-state index in [2.05, 4.69) is 5.32 Å². The number of carbonyl (C=O) groups excluding carboxylic acids is 2. The number of hydrogen-bond acceptors (Lipinski definition) is 4. The van der Waals surface area contributed by atoms with E-state index < -0.39 is 5.54 Å². The molecule has 24 heavy (non-hydrogen) atoms. The van der Waals surface area contributed by atoms with E-state index in [1.165, 1.54) is 0 Å². The van der Waals surface area contributed by atoms with Gasteiger partial charge in [0, 0.05) is 32.4 Å². The molecule has 1 heterocycles. The first-order chi connectivity index (χ1) is 11.5. The fraction of sp³-hybridized carbons (Fsp3) is 0.556. The Morgan fingerprint density at radius 2 is 2.04 bits per heavy atom. The smallest absolute Gasteiger partial charge is 0.246 e. The Morgan fingerprint density at radius 3 is 2.67 bits per heavy atom. The summed E-state index contributed by atoms with van der Waals surface area (Å²) in [5.41, 5.74) is -0.146. The standard InChI is InChI=1S/C18H26N2O4/c1-4-24-15-8-6-14(7-9-15)20-16(21)10-11-18(20,2)17(22)19-12-5-13-23-3/h6-9H,4-5,10-13H2,1-3H3,(H,19,22). The molecule has 6 nitrogen and oxygen atoms in total. The van der Waals surface area contributed by atoms with Crippen molar-refractivity contribution in [1.29, 1.82) is 0 Å². The van der Waals surface area contributed by atoms with Crippen LogP contribution in [0, 0.1) is 0 Å². The number of ether oxygens (including phenoxy) is 2. The minimum absolute atomic E-state index is 0.0336. The zero-order valence-corrected chi connectivity index (χ0v) is 14.6. The number of hydrogen-bond donors (Lipinski definition) is 1. The van der Waals surface area contributed by atoms with Crippen LogP contribution < -0.4 is 15.0 Å². The third kappa shape index (κ3) is 3.87. The van der Waals surface area contributed by atoms with Crippen LogP contribution in [-0.2, 0) is 14.3 Å². The highest BCUT2D eigenvalue weighted by molar-refractivity contribution is 6.06. The number of methoxy groups -OCH3 is 1. The zero-order valence-electron chi connectivity index (χ0n) is 14.6. The van der Waals surface area contributed by atoms with Crippen molar-refractivity contribution in [2.24, 2.45) is 0 Å². The Kier molecular flexibility index (Phi) is 6.20. The van der Waals surface area contributed by atoms with Gasteiger partial charge in [-0.3, -0.25) is 14.5 Å². The summed E-state index contributed by atoms with van der Waals surface area (Å²) in [6.45, 7) is 5.46. The molecule has 0 saturated carbocycles. The Hall–Kier alpha value is -2.08. The summed E-state index contributed by atoms with van der Waals surface area (Å²) in [6.07, 6.45) is 1.62. The van der Waals surface area contributed by atoms with E-state index >= 15 is 0 Å². The molecule has 132 valence electrons. The van der Waals surface area contributed by atoms with Gasteiger partial charge in [0.25, 0.3) is 0 Å². The fourth-order valence-electron chi connectivity index (χ4n) is 2.96. The second-order valence-corrected chi connectivity index (χ2v) is 6.03. The summed E-state index contributed by atoms with van der Waals surface area (Å²) >= 11 is 0. The molecular weight excluding hydrogens is 308 g/mol. The topological polar surface area (TPSA) is 67.9 Å². The second-order valence-electron chi connectivity index (χ2n) is 6.03. The van der Waals surface area contributed by atoms with Gasteiger partial charge in [-0.25, -0.2) is 0 Å². The van der Waals surface area contributed by atoms with Gasteiger partial charge in [0.2, 0.25) is 11.8 Å². The molecule has 1 unspecified atom stereocenters. The van der Waals surface area contributed by atoms with Gasteiger partial charge < -0.3 is 14.8 Å². The number of carbonyl (C=O) groups is 2. The number of benzene rings is 1. The van der Waals surface area contributed by atoms with Crippen molar-refractivity contribution < 1.29 is 19.1 Å². The van der Waals surface area contributed by atoms with Gasteiger partial charge in [0.1, 0.15) is 11.3 Å². The Bertz CT molecular complexity index is 573. The number of anilines is 1. The van der Waals surface area contributed by atoms with Crippen molar-refractivity contribution in [3.05, 3.63) is 24.3 Å². The summed E-state index contributed by atoms with van der Waals surface area (Å²) in [4.78, 5) is 26.6. The van der Waals surface area contributed by atoms with Gasteiger partial charge in [-0.1, -0.05) is 0 Å². The highest BCUT2D eigenvalue weighted by atomic mass is 16.5. The monoisotopic (exact) mass is 334 g/mol. The number of rotatable bonds is 8. The second kappa shape index (κ2) is 8.15. The maximum atomic E-state index is 12.7. The molecule has 2 amide bonds. The molecule has 1 fully saturated rings. The summed E-state index contributed by atoms with van der Waals surface area (Å²) in [5.74, 6) is 0.589. The van der Waals surface area contributed by atoms with Gasteiger partial charge >= 0.3 is 0 Å². The van der Waals surface area contributed by atoms with Crippen molar-refractivity contribution in [3.63, 3.8) is 0 Å². The van der Waals surface area contributed by atoms with E-state index in [4.69, 9.17) is 9.47 Å². The molecule has 1 aliphatic heterocycles. The van der Waals surface area contributed by atoms with Crippen molar-refractivity contribution in [2.45, 2.75) is 38.6 Å². The molecule has 6 heteroatoms. The Labute approximate surface area is 143 Å². The summed E-state index contributed by atoms with van der Waals surface area (Å²) in [5, 5.41) is 2.91. The highest BCUT2D eigenvalue weighted by Gasteiger charge is 2.47. The molecule has 1 aromatic rings. The van der Waals surface area contributed by atoms with E-state index in [0.29, 0.717) is 32.6 Å². The zero-order chi connectivity index (χ0) is 17.6. The molecule has 0 radical (unpaired) electrons. The third-order valence-corrected chi connectivity index (χ3v) is 4.27. The van der Waals surface area contributed by atoms with Crippen LogP contribution in [0.2, 0.25) is 0 Å². The Morgan fingerprint density at radius 1 is 1.33 bits per heavy atom. The lowest BCUT2D eigenvalue weighted by Crippen LogP contribution is -2.55. The average molecular weight is 334 g/mol. The minimum atomic E-state index is -0.864. The Balaban J connectivity index is 2.13. The molecule has 1 N–H and O–H groups in total.